The van der Waals surface area contributed by atoms with Gasteiger partial charge < -0.3 is 21.1 Å². The van der Waals surface area contributed by atoms with Gasteiger partial charge in [0, 0.05) is 24.7 Å². The van der Waals surface area contributed by atoms with Crippen LogP contribution in [0.25, 0.3) is 11.3 Å². The molecule has 2 heterocycles. The number of ether oxygens (including phenoxy) is 1. The number of hydrogen-bond acceptors (Lipinski definition) is 5. The molecule has 1 aromatic heterocycles. The molecule has 0 aliphatic carbocycles. The third-order valence-electron chi connectivity index (χ3n) is 5.99. The maximum atomic E-state index is 13.9. The van der Waals surface area contributed by atoms with E-state index in [0.29, 0.717) is 30.1 Å². The Morgan fingerprint density at radius 2 is 1.94 bits per heavy atom. The van der Waals surface area contributed by atoms with Gasteiger partial charge in [-0.2, -0.15) is 5.10 Å². The molecule has 4 N–H and O–H groups in total. The highest BCUT2D eigenvalue weighted by molar-refractivity contribution is 6.03. The number of piperidine rings is 1. The Balaban J connectivity index is 1.60. The highest BCUT2D eigenvalue weighted by atomic mass is 19.1. The van der Waals surface area contributed by atoms with Gasteiger partial charge in [-0.1, -0.05) is 13.0 Å². The van der Waals surface area contributed by atoms with E-state index in [-0.39, 0.29) is 29.1 Å². The summed E-state index contributed by atoms with van der Waals surface area (Å²) >= 11 is 0. The summed E-state index contributed by atoms with van der Waals surface area (Å²) in [7, 11) is 0. The topological polar surface area (TPSA) is 116 Å². The molecule has 1 saturated heterocycles. The summed E-state index contributed by atoms with van der Waals surface area (Å²) in [5.41, 5.74) is 12.9. The average molecular weight is 496 g/mol. The molecule has 2 amide bonds. The van der Waals surface area contributed by atoms with Crippen LogP contribution in [0.3, 0.4) is 0 Å². The Hall–Kier alpha value is -4.21. The lowest BCUT2D eigenvalue weighted by atomic mass is 10.1. The lowest BCUT2D eigenvalue weighted by molar-refractivity contribution is -0.127. The zero-order chi connectivity index (χ0) is 25.8. The number of halogens is 2. The summed E-state index contributed by atoms with van der Waals surface area (Å²) in [5, 5.41) is 4.61. The van der Waals surface area contributed by atoms with Crippen LogP contribution in [0, 0.1) is 11.6 Å². The molecule has 2 aromatic carbocycles. The summed E-state index contributed by atoms with van der Waals surface area (Å²) in [4.78, 5) is 26.5. The fourth-order valence-electron chi connectivity index (χ4n) is 4.22. The first-order valence-corrected chi connectivity index (χ1v) is 11.6. The zero-order valence-electron chi connectivity index (χ0n) is 19.8. The fraction of sp³-hybridized carbons (Fsp3) is 0.269. The molecule has 0 radical (unpaired) electrons. The van der Waals surface area contributed by atoms with E-state index in [1.165, 1.54) is 6.07 Å². The van der Waals surface area contributed by atoms with E-state index >= 15 is 0 Å². The molecule has 1 aliphatic heterocycles. The minimum atomic E-state index is -0.827. The van der Waals surface area contributed by atoms with Gasteiger partial charge in [-0.15, -0.1) is 0 Å². The van der Waals surface area contributed by atoms with Gasteiger partial charge in [0.15, 0.2) is 11.6 Å². The number of aromatic nitrogens is 2. The Bertz CT molecular complexity index is 1300. The quantitative estimate of drug-likeness (QED) is 0.471. The van der Waals surface area contributed by atoms with Gasteiger partial charge in [-0.05, 0) is 61.7 Å². The van der Waals surface area contributed by atoms with Crippen molar-refractivity contribution in [1.82, 2.24) is 14.7 Å². The smallest absolute Gasteiger partial charge is 0.254 e. The number of anilines is 1. The van der Waals surface area contributed by atoms with Gasteiger partial charge in [-0.3, -0.25) is 9.59 Å². The van der Waals surface area contributed by atoms with Crippen molar-refractivity contribution in [2.24, 2.45) is 5.73 Å². The number of nitrogens with two attached hydrogens (primary N) is 2. The summed E-state index contributed by atoms with van der Waals surface area (Å²) in [5.74, 6) is -2.01. The second kappa shape index (κ2) is 10.6. The van der Waals surface area contributed by atoms with E-state index < -0.39 is 17.5 Å². The maximum Gasteiger partial charge on any atom is 0.254 e. The number of nitrogen functional groups attached to an aromatic ring is 1. The van der Waals surface area contributed by atoms with Crippen LogP contribution in [-0.2, 0) is 4.79 Å². The summed E-state index contributed by atoms with van der Waals surface area (Å²) in [6, 6.07) is 9.23. The molecular weight excluding hydrogens is 468 g/mol. The number of carbonyl (C=O) groups is 2. The predicted octanol–water partition coefficient (Wildman–Crippen LogP) is 4.43. The lowest BCUT2D eigenvalue weighted by Crippen LogP contribution is -2.40. The first kappa shape index (κ1) is 24.9. The standard InChI is InChI=1S/C26H27F2N5O3/c1-2-3-6-22(34)32-13-4-5-18(15-32)33-25(29)23(26(30)35)24(31-33)16-7-10-19(11-8-16)36-21-12-9-17(27)14-20(21)28/h3,6-12,14,18H,2,4-5,13,15,29H2,1H3,(H2,30,35)/b6-3+/t18-/m1/s1. The molecule has 4 rings (SSSR count). The first-order valence-electron chi connectivity index (χ1n) is 11.6. The van der Waals surface area contributed by atoms with Crippen LogP contribution in [0.15, 0.2) is 54.6 Å². The minimum absolute atomic E-state index is 0.0733. The number of rotatable bonds is 7. The van der Waals surface area contributed by atoms with Crippen LogP contribution in [0.4, 0.5) is 14.6 Å². The summed E-state index contributed by atoms with van der Waals surface area (Å²) < 4.78 is 34.1. The van der Waals surface area contributed by atoms with Crippen molar-refractivity contribution in [3.63, 3.8) is 0 Å². The molecule has 0 spiro atoms. The van der Waals surface area contributed by atoms with Gasteiger partial charge in [0.05, 0.1) is 6.04 Å². The second-order valence-electron chi connectivity index (χ2n) is 8.51. The highest BCUT2D eigenvalue weighted by Gasteiger charge is 2.29. The van der Waals surface area contributed by atoms with Crippen LogP contribution < -0.4 is 16.2 Å². The van der Waals surface area contributed by atoms with Crippen molar-refractivity contribution >= 4 is 17.6 Å². The van der Waals surface area contributed by atoms with Gasteiger partial charge >= 0.3 is 0 Å². The molecule has 3 aromatic rings. The molecule has 10 heteroatoms. The highest BCUT2D eigenvalue weighted by Crippen LogP contribution is 2.33. The van der Waals surface area contributed by atoms with Crippen molar-refractivity contribution in [2.75, 3.05) is 18.8 Å². The third kappa shape index (κ3) is 5.22. The van der Waals surface area contributed by atoms with Crippen molar-refractivity contribution in [3.05, 3.63) is 71.8 Å². The minimum Gasteiger partial charge on any atom is -0.454 e. The lowest BCUT2D eigenvalue weighted by Gasteiger charge is -2.32. The Labute approximate surface area is 207 Å². The van der Waals surface area contributed by atoms with E-state index in [9.17, 15) is 18.4 Å². The van der Waals surface area contributed by atoms with Gasteiger partial charge in [0.2, 0.25) is 5.91 Å². The molecule has 0 bridgehead atoms. The van der Waals surface area contributed by atoms with Crippen molar-refractivity contribution in [3.8, 4) is 22.8 Å². The molecule has 36 heavy (non-hydrogen) atoms. The molecule has 0 saturated carbocycles. The van der Waals surface area contributed by atoms with Crippen LogP contribution >= 0.6 is 0 Å². The molecule has 8 nitrogen and oxygen atoms in total. The van der Waals surface area contributed by atoms with E-state index in [0.717, 1.165) is 31.4 Å². The predicted molar refractivity (Wildman–Crippen MR) is 131 cm³/mol. The van der Waals surface area contributed by atoms with E-state index in [1.54, 1.807) is 39.9 Å². The number of amides is 2. The first-order chi connectivity index (χ1) is 17.3. The molecule has 1 atom stereocenters. The fourth-order valence-corrected chi connectivity index (χ4v) is 4.22. The normalized spacial score (nSPS) is 15.9. The van der Waals surface area contributed by atoms with Gasteiger partial charge in [-0.25, -0.2) is 13.5 Å². The van der Waals surface area contributed by atoms with E-state index in [1.807, 2.05) is 13.0 Å². The second-order valence-corrected chi connectivity index (χ2v) is 8.51. The molecule has 0 unspecified atom stereocenters. The molecule has 1 aliphatic rings. The number of allylic oxidation sites excluding steroid dienone is 1. The third-order valence-corrected chi connectivity index (χ3v) is 5.99. The number of nitrogens with zero attached hydrogens (tertiary/aromatic N) is 3. The summed E-state index contributed by atoms with van der Waals surface area (Å²) in [6.07, 6.45) is 5.65. The van der Waals surface area contributed by atoms with Crippen LogP contribution in [-0.4, -0.2) is 39.6 Å². The van der Waals surface area contributed by atoms with Crippen molar-refractivity contribution in [1.29, 1.82) is 0 Å². The summed E-state index contributed by atoms with van der Waals surface area (Å²) in [6.45, 7) is 3.00. The number of primary amides is 1. The molecule has 1 fully saturated rings. The van der Waals surface area contributed by atoms with E-state index in [4.69, 9.17) is 16.2 Å². The van der Waals surface area contributed by atoms with Gasteiger partial charge in [0.25, 0.3) is 5.91 Å². The maximum absolute atomic E-state index is 13.9. The van der Waals surface area contributed by atoms with Gasteiger partial charge in [0.1, 0.15) is 28.6 Å². The number of hydrogen-bond donors (Lipinski definition) is 2. The molecular formula is C26H27F2N5O3. The number of benzene rings is 2. The van der Waals surface area contributed by atoms with E-state index in [2.05, 4.69) is 5.10 Å². The number of likely N-dealkylation sites (tertiary alicyclic amines) is 1. The Morgan fingerprint density at radius 1 is 1.19 bits per heavy atom. The monoisotopic (exact) mass is 495 g/mol. The average Bonchev–Trinajstić information content (AvgIpc) is 3.22. The largest absolute Gasteiger partial charge is 0.454 e. The SMILES string of the molecule is CC/C=C/C(=O)N1CCC[C@@H](n2nc(-c3ccc(Oc4ccc(F)cc4F)cc3)c(C(N)=O)c2N)C1. The van der Waals surface area contributed by atoms with Crippen molar-refractivity contribution < 1.29 is 23.1 Å². The number of carbonyl (C=O) groups excluding carboxylic acids is 2. The van der Waals surface area contributed by atoms with Crippen molar-refractivity contribution in [2.45, 2.75) is 32.2 Å². The Kier molecular flexibility index (Phi) is 7.33. The molecule has 188 valence electrons. The Morgan fingerprint density at radius 3 is 2.61 bits per heavy atom. The van der Waals surface area contributed by atoms with Crippen LogP contribution in [0.1, 0.15) is 42.6 Å². The van der Waals surface area contributed by atoms with Crippen LogP contribution in [0.5, 0.6) is 11.5 Å². The zero-order valence-corrected chi connectivity index (χ0v) is 19.8. The van der Waals surface area contributed by atoms with Crippen LogP contribution in [0.2, 0.25) is 0 Å².